The Labute approximate surface area is 301 Å². The van der Waals surface area contributed by atoms with Gasteiger partial charge in [-0.15, -0.1) is 0 Å². The summed E-state index contributed by atoms with van der Waals surface area (Å²) >= 11 is 0. The van der Waals surface area contributed by atoms with E-state index in [0.29, 0.717) is 41.4 Å². The van der Waals surface area contributed by atoms with Gasteiger partial charge in [0.25, 0.3) is 0 Å². The van der Waals surface area contributed by atoms with Crippen molar-refractivity contribution in [3.05, 3.63) is 110 Å². The fraction of sp³-hybridized carbons (Fsp3) is 0.200. The molecule has 260 valence electrons. The van der Waals surface area contributed by atoms with Gasteiger partial charge in [0.1, 0.15) is 11.6 Å². The van der Waals surface area contributed by atoms with Gasteiger partial charge in [0.15, 0.2) is 11.5 Å². The van der Waals surface area contributed by atoms with E-state index >= 15 is 0 Å². The zero-order chi connectivity index (χ0) is 35.3. The summed E-state index contributed by atoms with van der Waals surface area (Å²) in [5.74, 6) is 4.08. The number of hydrogen-bond donors (Lipinski definition) is 3. The SMILES string of the molecule is COc1cc(-c2cnc(Nc3cnc4ccccc4c3)nc2N)ccc1OCCC1CCN(c2nccc(Nc3cnc4ccccc4c3)n2)CC1. The normalized spacial score (nSPS) is 13.3. The number of aromatic nitrogens is 6. The van der Waals surface area contributed by atoms with E-state index in [-0.39, 0.29) is 0 Å². The van der Waals surface area contributed by atoms with Crippen LogP contribution in [0.2, 0.25) is 0 Å². The van der Waals surface area contributed by atoms with Crippen LogP contribution >= 0.6 is 0 Å². The Morgan fingerprint density at radius 3 is 2.17 bits per heavy atom. The molecule has 0 spiro atoms. The Kier molecular flexibility index (Phi) is 9.25. The number of piperidine rings is 1. The number of fused-ring (bicyclic) bond motifs is 2. The molecule has 8 rings (SSSR count). The van der Waals surface area contributed by atoms with Crippen molar-refractivity contribution < 1.29 is 9.47 Å². The Morgan fingerprint density at radius 2 is 1.46 bits per heavy atom. The van der Waals surface area contributed by atoms with Gasteiger partial charge < -0.3 is 30.7 Å². The molecular formula is C40H38N10O2. The Morgan fingerprint density at radius 1 is 0.750 bits per heavy atom. The molecule has 1 aliphatic rings. The van der Waals surface area contributed by atoms with Crippen molar-refractivity contribution in [1.29, 1.82) is 0 Å². The molecule has 12 heteroatoms. The van der Waals surface area contributed by atoms with Crippen molar-refractivity contribution in [2.75, 3.05) is 48.1 Å². The van der Waals surface area contributed by atoms with E-state index in [9.17, 15) is 0 Å². The number of hydrogen-bond acceptors (Lipinski definition) is 12. The number of nitrogens with two attached hydrogens (primary N) is 1. The molecule has 0 saturated carbocycles. The maximum absolute atomic E-state index is 6.40. The molecule has 12 nitrogen and oxygen atoms in total. The number of nitrogens with zero attached hydrogens (tertiary/aromatic N) is 7. The molecule has 1 aliphatic heterocycles. The molecule has 1 fully saturated rings. The second-order valence-corrected chi connectivity index (χ2v) is 12.8. The van der Waals surface area contributed by atoms with Gasteiger partial charge in [-0.25, -0.2) is 9.97 Å². The summed E-state index contributed by atoms with van der Waals surface area (Å²) in [7, 11) is 1.64. The first-order valence-corrected chi connectivity index (χ1v) is 17.3. The molecular weight excluding hydrogens is 653 g/mol. The predicted octanol–water partition coefficient (Wildman–Crippen LogP) is 7.79. The molecule has 3 aromatic carbocycles. The van der Waals surface area contributed by atoms with Crippen molar-refractivity contribution in [1.82, 2.24) is 29.9 Å². The van der Waals surface area contributed by atoms with Crippen molar-refractivity contribution in [2.24, 2.45) is 5.92 Å². The Hall–Kier alpha value is -6.56. The number of anilines is 6. The number of rotatable bonds is 11. The van der Waals surface area contributed by atoms with Crippen LogP contribution in [-0.4, -0.2) is 56.7 Å². The number of pyridine rings is 2. The number of ether oxygens (including phenoxy) is 2. The van der Waals surface area contributed by atoms with Gasteiger partial charge in [-0.3, -0.25) is 9.97 Å². The van der Waals surface area contributed by atoms with Crippen molar-refractivity contribution in [2.45, 2.75) is 19.3 Å². The van der Waals surface area contributed by atoms with Crippen LogP contribution in [0.5, 0.6) is 11.5 Å². The van der Waals surface area contributed by atoms with Gasteiger partial charge in [0.2, 0.25) is 11.9 Å². The summed E-state index contributed by atoms with van der Waals surface area (Å²) in [6.45, 7) is 2.37. The standard InChI is InChI=1S/C40H38N10O2/c1-51-36-22-27(32-25-45-39(49-38(32)41)47-31-21-29-7-3-5-9-34(29)44-24-31)10-11-35(36)52-19-15-26-13-17-50(18-14-26)40-42-16-12-37(48-40)46-30-20-28-6-2-4-8-33(28)43-23-30/h2-12,16,20-26H,13-15,17-19H2,1H3,(H,42,46,48)(H3,41,45,47,49). The van der Waals surface area contributed by atoms with Gasteiger partial charge in [-0.2, -0.15) is 9.97 Å². The van der Waals surface area contributed by atoms with E-state index < -0.39 is 0 Å². The highest BCUT2D eigenvalue weighted by molar-refractivity contribution is 5.83. The van der Waals surface area contributed by atoms with Crippen LogP contribution in [0.1, 0.15) is 19.3 Å². The van der Waals surface area contributed by atoms with E-state index in [0.717, 1.165) is 82.9 Å². The van der Waals surface area contributed by atoms with Crippen LogP contribution in [0.25, 0.3) is 32.9 Å². The van der Waals surface area contributed by atoms with Crippen molar-refractivity contribution in [3.8, 4) is 22.6 Å². The number of para-hydroxylation sites is 2. The first kappa shape index (κ1) is 32.6. The molecule has 5 heterocycles. The Bertz CT molecular complexity index is 2340. The minimum atomic E-state index is 0.351. The molecule has 7 aromatic rings. The van der Waals surface area contributed by atoms with Crippen LogP contribution in [-0.2, 0) is 0 Å². The fourth-order valence-electron chi connectivity index (χ4n) is 6.52. The quantitative estimate of drug-likeness (QED) is 0.122. The average molecular weight is 691 g/mol. The van der Waals surface area contributed by atoms with Gasteiger partial charge >= 0.3 is 0 Å². The van der Waals surface area contributed by atoms with E-state index in [1.165, 1.54) is 0 Å². The molecule has 1 saturated heterocycles. The minimum Gasteiger partial charge on any atom is -0.493 e. The lowest BCUT2D eigenvalue weighted by atomic mass is 9.94. The van der Waals surface area contributed by atoms with Crippen molar-refractivity contribution in [3.63, 3.8) is 0 Å². The van der Waals surface area contributed by atoms with Crippen LogP contribution in [0.4, 0.5) is 34.9 Å². The molecule has 52 heavy (non-hydrogen) atoms. The molecule has 4 N–H and O–H groups in total. The maximum Gasteiger partial charge on any atom is 0.229 e. The lowest BCUT2D eigenvalue weighted by Gasteiger charge is -2.32. The van der Waals surface area contributed by atoms with Crippen LogP contribution < -0.4 is 30.7 Å². The van der Waals surface area contributed by atoms with E-state index in [1.807, 2.05) is 79.0 Å². The smallest absolute Gasteiger partial charge is 0.229 e. The fourth-order valence-corrected chi connectivity index (χ4v) is 6.52. The predicted molar refractivity (Wildman–Crippen MR) is 206 cm³/mol. The summed E-state index contributed by atoms with van der Waals surface area (Å²) < 4.78 is 11.9. The molecule has 0 aliphatic carbocycles. The monoisotopic (exact) mass is 690 g/mol. The molecule has 0 bridgehead atoms. The highest BCUT2D eigenvalue weighted by Crippen LogP contribution is 2.35. The van der Waals surface area contributed by atoms with Gasteiger partial charge in [-0.1, -0.05) is 42.5 Å². The third-order valence-electron chi connectivity index (χ3n) is 9.33. The minimum absolute atomic E-state index is 0.351. The molecule has 4 aromatic heterocycles. The third-order valence-corrected chi connectivity index (χ3v) is 9.33. The Balaban J connectivity index is 0.836. The topological polar surface area (TPSA) is 149 Å². The van der Waals surface area contributed by atoms with Gasteiger partial charge in [0.05, 0.1) is 48.5 Å². The summed E-state index contributed by atoms with van der Waals surface area (Å²) in [4.78, 5) is 29.7. The molecule has 0 radical (unpaired) electrons. The van der Waals surface area contributed by atoms with E-state index in [2.05, 4.69) is 52.6 Å². The second-order valence-electron chi connectivity index (χ2n) is 12.8. The van der Waals surface area contributed by atoms with Crippen LogP contribution in [0.15, 0.2) is 110 Å². The summed E-state index contributed by atoms with van der Waals surface area (Å²) in [6.07, 6.45) is 10.1. The highest BCUT2D eigenvalue weighted by atomic mass is 16.5. The zero-order valence-corrected chi connectivity index (χ0v) is 28.7. The van der Waals surface area contributed by atoms with Crippen molar-refractivity contribution >= 4 is 56.7 Å². The number of nitrogens with one attached hydrogen (secondary N) is 2. The summed E-state index contributed by atoms with van der Waals surface area (Å²) in [5, 5.41) is 8.68. The lowest BCUT2D eigenvalue weighted by Crippen LogP contribution is -2.35. The maximum atomic E-state index is 6.40. The number of methoxy groups -OCH3 is 1. The molecule has 0 unspecified atom stereocenters. The van der Waals surface area contributed by atoms with Crippen LogP contribution in [0.3, 0.4) is 0 Å². The molecule has 0 amide bonds. The third kappa shape index (κ3) is 7.31. The zero-order valence-electron chi connectivity index (χ0n) is 28.7. The second kappa shape index (κ2) is 14.7. The average Bonchev–Trinajstić information content (AvgIpc) is 3.18. The van der Waals surface area contributed by atoms with E-state index in [4.69, 9.17) is 20.2 Å². The van der Waals surface area contributed by atoms with Gasteiger partial charge in [-0.05, 0) is 73.2 Å². The highest BCUT2D eigenvalue weighted by Gasteiger charge is 2.22. The molecule has 0 atom stereocenters. The largest absolute Gasteiger partial charge is 0.493 e. The lowest BCUT2D eigenvalue weighted by molar-refractivity contribution is 0.248. The van der Waals surface area contributed by atoms with Gasteiger partial charge in [0, 0.05) is 41.8 Å². The summed E-state index contributed by atoms with van der Waals surface area (Å²) in [5.41, 5.74) is 11.5. The van der Waals surface area contributed by atoms with E-state index in [1.54, 1.807) is 25.7 Å². The first-order chi connectivity index (χ1) is 25.6. The first-order valence-electron chi connectivity index (χ1n) is 17.3. The summed E-state index contributed by atoms with van der Waals surface area (Å²) in [6, 6.07) is 27.7. The number of benzene rings is 3. The number of nitrogen functional groups attached to an aromatic ring is 1. The van der Waals surface area contributed by atoms with Crippen LogP contribution in [0, 0.1) is 5.92 Å².